The number of unbranched alkanes of at least 4 members (excludes halogenated alkanes) is 2. The molecule has 0 aromatic heterocycles. The maximum Gasteiger partial charge on any atom is 0.0253 e. The maximum absolute atomic E-state index is 3.72. The predicted molar refractivity (Wildman–Crippen MR) is 35.5 cm³/mol. The van der Waals surface area contributed by atoms with Crippen LogP contribution in [0.25, 0.3) is 0 Å². The van der Waals surface area contributed by atoms with Crippen LogP contribution in [0.15, 0.2) is 0 Å². The van der Waals surface area contributed by atoms with E-state index in [1.54, 1.807) is 0 Å². The molecule has 0 saturated carbocycles. The molecule has 0 aromatic rings. The standard InChI is InChI=1S/C5H12NS/c1-2-3-4-5-6-7/h7H,2-5H2,1H3. The molecule has 2 heteroatoms. The molecule has 1 nitrogen and oxygen atoms in total. The van der Waals surface area contributed by atoms with E-state index in [-0.39, 0.29) is 0 Å². The van der Waals surface area contributed by atoms with Crippen molar-refractivity contribution in [2.75, 3.05) is 6.54 Å². The fourth-order valence-electron chi connectivity index (χ4n) is 0.433. The molecule has 0 saturated heterocycles. The van der Waals surface area contributed by atoms with Crippen LogP contribution in [0.2, 0.25) is 0 Å². The molecule has 0 spiro atoms. The van der Waals surface area contributed by atoms with Gasteiger partial charge < -0.3 is 0 Å². The lowest BCUT2D eigenvalue weighted by atomic mass is 10.3. The SMILES string of the molecule is CCCCC[N]S. The average Bonchev–Trinajstić information content (AvgIpc) is 1.69. The molecule has 0 heterocycles. The molecule has 0 bridgehead atoms. The van der Waals surface area contributed by atoms with Crippen LogP contribution in [0.4, 0.5) is 0 Å². The van der Waals surface area contributed by atoms with E-state index in [4.69, 9.17) is 0 Å². The summed E-state index contributed by atoms with van der Waals surface area (Å²) < 4.78 is 3.67. The van der Waals surface area contributed by atoms with Gasteiger partial charge in [-0.3, -0.25) is 0 Å². The summed E-state index contributed by atoms with van der Waals surface area (Å²) in [6, 6.07) is 0. The van der Waals surface area contributed by atoms with E-state index >= 15 is 0 Å². The molecule has 7 heavy (non-hydrogen) atoms. The minimum absolute atomic E-state index is 0.914. The van der Waals surface area contributed by atoms with Gasteiger partial charge in [0.25, 0.3) is 0 Å². The highest BCUT2D eigenvalue weighted by atomic mass is 32.1. The first-order valence-corrected chi connectivity index (χ1v) is 3.12. The van der Waals surface area contributed by atoms with Crippen LogP contribution in [0, 0.1) is 0 Å². The largest absolute Gasteiger partial charge is 0.179 e. The zero-order chi connectivity index (χ0) is 5.54. The Hall–Kier alpha value is 0.310. The summed E-state index contributed by atoms with van der Waals surface area (Å²) in [4.78, 5) is 0. The van der Waals surface area contributed by atoms with Crippen molar-refractivity contribution in [1.29, 1.82) is 0 Å². The summed E-state index contributed by atoms with van der Waals surface area (Å²) in [6.45, 7) is 3.09. The first kappa shape index (κ1) is 7.31. The minimum Gasteiger partial charge on any atom is -0.179 e. The molecule has 0 fully saturated rings. The van der Waals surface area contributed by atoms with Crippen molar-refractivity contribution in [1.82, 2.24) is 4.72 Å². The highest BCUT2D eigenvalue weighted by Crippen LogP contribution is 1.91. The molecule has 1 radical (unpaired) electrons. The number of hydrogen-bond donors (Lipinski definition) is 1. The topological polar surface area (TPSA) is 14.1 Å². The number of thiol groups is 1. The van der Waals surface area contributed by atoms with Gasteiger partial charge in [0, 0.05) is 6.54 Å². The first-order valence-electron chi connectivity index (χ1n) is 2.72. The molecule has 0 rings (SSSR count). The van der Waals surface area contributed by atoms with Crippen LogP contribution in [0.5, 0.6) is 0 Å². The van der Waals surface area contributed by atoms with E-state index in [0.29, 0.717) is 0 Å². The third-order valence-electron chi connectivity index (χ3n) is 0.862. The fourth-order valence-corrected chi connectivity index (χ4v) is 0.574. The van der Waals surface area contributed by atoms with Crippen LogP contribution >= 0.6 is 12.8 Å². The quantitative estimate of drug-likeness (QED) is 0.426. The third kappa shape index (κ3) is 6.31. The van der Waals surface area contributed by atoms with E-state index in [9.17, 15) is 0 Å². The second-order valence-electron chi connectivity index (χ2n) is 1.57. The van der Waals surface area contributed by atoms with Crippen LogP contribution in [0.3, 0.4) is 0 Å². The molecular formula is C5H12NS. The lowest BCUT2D eigenvalue weighted by Gasteiger charge is -1.90. The van der Waals surface area contributed by atoms with Gasteiger partial charge in [0.2, 0.25) is 0 Å². The van der Waals surface area contributed by atoms with E-state index in [1.165, 1.54) is 19.3 Å². The van der Waals surface area contributed by atoms with Gasteiger partial charge in [0.1, 0.15) is 0 Å². The van der Waals surface area contributed by atoms with Crippen LogP contribution in [-0.4, -0.2) is 6.54 Å². The van der Waals surface area contributed by atoms with E-state index in [1.807, 2.05) is 0 Å². The Morgan fingerprint density at radius 1 is 1.43 bits per heavy atom. The van der Waals surface area contributed by atoms with Gasteiger partial charge in [-0.15, -0.1) is 0 Å². The molecule has 0 N–H and O–H groups in total. The number of nitrogens with zero attached hydrogens (tertiary/aromatic N) is 1. The molecule has 0 atom stereocenters. The van der Waals surface area contributed by atoms with E-state index < -0.39 is 0 Å². The van der Waals surface area contributed by atoms with Crippen LogP contribution in [0.1, 0.15) is 26.2 Å². The number of rotatable bonds is 4. The lowest BCUT2D eigenvalue weighted by molar-refractivity contribution is 0.707. The Balaban J connectivity index is 2.45. The Morgan fingerprint density at radius 3 is 2.57 bits per heavy atom. The smallest absolute Gasteiger partial charge is 0.0253 e. The molecule has 43 valence electrons. The molecule has 0 aliphatic heterocycles. The second-order valence-corrected chi connectivity index (χ2v) is 1.85. The van der Waals surface area contributed by atoms with Gasteiger partial charge in [0.15, 0.2) is 0 Å². The van der Waals surface area contributed by atoms with Gasteiger partial charge >= 0.3 is 0 Å². The van der Waals surface area contributed by atoms with E-state index in [0.717, 1.165) is 6.54 Å². The Labute approximate surface area is 51.0 Å². The highest BCUT2D eigenvalue weighted by Gasteiger charge is 1.80. The molecule has 0 aromatic carbocycles. The van der Waals surface area contributed by atoms with Gasteiger partial charge in [0.05, 0.1) is 0 Å². The zero-order valence-electron chi connectivity index (χ0n) is 4.72. The minimum atomic E-state index is 0.914. The fraction of sp³-hybridized carbons (Fsp3) is 1.00. The monoisotopic (exact) mass is 118 g/mol. The van der Waals surface area contributed by atoms with Gasteiger partial charge in [-0.25, -0.2) is 0 Å². The normalized spacial score (nSPS) is 9.43. The summed E-state index contributed by atoms with van der Waals surface area (Å²) >= 11 is 3.72. The second kappa shape index (κ2) is 6.31. The Bertz CT molecular complexity index is 27.3. The van der Waals surface area contributed by atoms with Crippen molar-refractivity contribution in [3.63, 3.8) is 0 Å². The summed E-state index contributed by atoms with van der Waals surface area (Å²) in [5.74, 6) is 0. The van der Waals surface area contributed by atoms with Crippen molar-refractivity contribution in [2.24, 2.45) is 0 Å². The summed E-state index contributed by atoms with van der Waals surface area (Å²) in [7, 11) is 0. The van der Waals surface area contributed by atoms with Crippen molar-refractivity contribution in [3.05, 3.63) is 0 Å². The molecule has 0 aliphatic rings. The van der Waals surface area contributed by atoms with Crippen molar-refractivity contribution >= 4 is 12.8 Å². The predicted octanol–water partition coefficient (Wildman–Crippen LogP) is 1.63. The van der Waals surface area contributed by atoms with Gasteiger partial charge in [-0.2, -0.15) is 4.72 Å². The Kier molecular flexibility index (Phi) is 6.59. The molecule has 0 unspecified atom stereocenters. The van der Waals surface area contributed by atoms with E-state index in [2.05, 4.69) is 24.5 Å². The Morgan fingerprint density at radius 2 is 2.14 bits per heavy atom. The van der Waals surface area contributed by atoms with Crippen molar-refractivity contribution < 1.29 is 0 Å². The zero-order valence-corrected chi connectivity index (χ0v) is 5.62. The van der Waals surface area contributed by atoms with Gasteiger partial charge in [-0.05, 0) is 6.42 Å². The maximum atomic E-state index is 3.72. The summed E-state index contributed by atoms with van der Waals surface area (Å²) in [5, 5.41) is 0. The summed E-state index contributed by atoms with van der Waals surface area (Å²) in [6.07, 6.45) is 3.74. The lowest BCUT2D eigenvalue weighted by Crippen LogP contribution is -1.91. The van der Waals surface area contributed by atoms with Crippen LogP contribution in [-0.2, 0) is 0 Å². The average molecular weight is 118 g/mol. The molecule has 0 aliphatic carbocycles. The van der Waals surface area contributed by atoms with Crippen molar-refractivity contribution in [2.45, 2.75) is 26.2 Å². The summed E-state index contributed by atoms with van der Waals surface area (Å²) in [5.41, 5.74) is 0. The molecular weight excluding hydrogens is 106 g/mol. The number of hydrogen-bond acceptors (Lipinski definition) is 1. The highest BCUT2D eigenvalue weighted by molar-refractivity contribution is 7.78. The third-order valence-corrected chi connectivity index (χ3v) is 1.06. The first-order chi connectivity index (χ1) is 3.41. The van der Waals surface area contributed by atoms with Gasteiger partial charge in [-0.1, -0.05) is 32.6 Å². The van der Waals surface area contributed by atoms with Crippen molar-refractivity contribution in [3.8, 4) is 0 Å². The van der Waals surface area contributed by atoms with Crippen LogP contribution < -0.4 is 4.72 Å². The molecule has 0 amide bonds.